The molecule has 3 rings (SSSR count). The summed E-state index contributed by atoms with van der Waals surface area (Å²) in [5, 5.41) is 2.91. The molecule has 0 spiro atoms. The Balaban J connectivity index is 1.60. The van der Waals surface area contributed by atoms with Crippen molar-refractivity contribution in [2.45, 2.75) is 0 Å². The van der Waals surface area contributed by atoms with Gasteiger partial charge in [0.1, 0.15) is 5.82 Å². The van der Waals surface area contributed by atoms with Gasteiger partial charge >= 0.3 is 0 Å². The van der Waals surface area contributed by atoms with Gasteiger partial charge in [-0.1, -0.05) is 12.1 Å². The lowest BCUT2D eigenvalue weighted by Crippen LogP contribution is -2.47. The number of nitrogens with zero attached hydrogens (tertiary/aromatic N) is 4. The van der Waals surface area contributed by atoms with Crippen molar-refractivity contribution >= 4 is 17.3 Å². The number of benzene rings is 1. The first kappa shape index (κ1) is 19.1. The highest BCUT2D eigenvalue weighted by molar-refractivity contribution is 5.94. The van der Waals surface area contributed by atoms with Crippen molar-refractivity contribution in [3.63, 3.8) is 0 Å². The second kappa shape index (κ2) is 8.81. The first-order valence-electron chi connectivity index (χ1n) is 9.17. The smallest absolute Gasteiger partial charge is 0.252 e. The van der Waals surface area contributed by atoms with Gasteiger partial charge in [0.25, 0.3) is 5.91 Å². The number of nitrogens with one attached hydrogen (secondary N) is 1. The third kappa shape index (κ3) is 4.95. The number of aromatic nitrogens is 1. The Morgan fingerprint density at radius 2 is 1.85 bits per heavy atom. The third-order valence-corrected chi connectivity index (χ3v) is 4.67. The Morgan fingerprint density at radius 1 is 1.15 bits per heavy atom. The summed E-state index contributed by atoms with van der Waals surface area (Å²) >= 11 is 0. The van der Waals surface area contributed by atoms with Gasteiger partial charge in [0, 0.05) is 45.5 Å². The van der Waals surface area contributed by atoms with Crippen LogP contribution in [-0.4, -0.2) is 69.2 Å². The molecule has 6 nitrogen and oxygen atoms in total. The minimum absolute atomic E-state index is 0.115. The average molecular weight is 371 g/mol. The van der Waals surface area contributed by atoms with Gasteiger partial charge in [-0.15, -0.1) is 0 Å². The molecule has 1 saturated heterocycles. The van der Waals surface area contributed by atoms with Gasteiger partial charge in [-0.2, -0.15) is 0 Å². The number of para-hydroxylation sites is 1. The second-order valence-corrected chi connectivity index (χ2v) is 6.92. The first-order chi connectivity index (χ1) is 13.0. The summed E-state index contributed by atoms with van der Waals surface area (Å²) in [6, 6.07) is 8.73. The predicted octanol–water partition coefficient (Wildman–Crippen LogP) is 1.84. The molecule has 1 amide bonds. The molecule has 1 N–H and O–H groups in total. The normalized spacial score (nSPS) is 14.5. The van der Waals surface area contributed by atoms with Crippen LogP contribution in [0, 0.1) is 5.82 Å². The number of amides is 1. The number of carbonyl (C=O) groups excluding carboxylic acids is 1. The summed E-state index contributed by atoms with van der Waals surface area (Å²) in [4.78, 5) is 22.8. The highest BCUT2D eigenvalue weighted by Crippen LogP contribution is 2.22. The van der Waals surface area contributed by atoms with E-state index in [0.717, 1.165) is 38.4 Å². The molecule has 1 aliphatic heterocycles. The molecule has 27 heavy (non-hydrogen) atoms. The van der Waals surface area contributed by atoms with Crippen molar-refractivity contribution in [3.05, 3.63) is 54.1 Å². The van der Waals surface area contributed by atoms with Crippen LogP contribution in [0.2, 0.25) is 0 Å². The molecule has 0 radical (unpaired) electrons. The third-order valence-electron chi connectivity index (χ3n) is 4.67. The molecule has 2 heterocycles. The first-order valence-corrected chi connectivity index (χ1v) is 9.17. The molecule has 1 aromatic carbocycles. The van der Waals surface area contributed by atoms with E-state index in [1.54, 1.807) is 18.5 Å². The summed E-state index contributed by atoms with van der Waals surface area (Å²) in [6.07, 6.45) is 3.36. The number of rotatable bonds is 6. The van der Waals surface area contributed by atoms with Crippen LogP contribution in [0.15, 0.2) is 42.7 Å². The largest absolute Gasteiger partial charge is 0.367 e. The van der Waals surface area contributed by atoms with Gasteiger partial charge in [0.15, 0.2) is 0 Å². The Morgan fingerprint density at radius 3 is 2.56 bits per heavy atom. The predicted molar refractivity (Wildman–Crippen MR) is 106 cm³/mol. The van der Waals surface area contributed by atoms with E-state index in [1.165, 1.54) is 6.07 Å². The molecule has 0 atom stereocenters. The minimum Gasteiger partial charge on any atom is -0.367 e. The van der Waals surface area contributed by atoms with E-state index in [1.807, 2.05) is 37.2 Å². The molecule has 0 unspecified atom stereocenters. The van der Waals surface area contributed by atoms with Crippen molar-refractivity contribution in [2.75, 3.05) is 63.2 Å². The van der Waals surface area contributed by atoms with Crippen LogP contribution in [0.5, 0.6) is 0 Å². The molecule has 0 saturated carbocycles. The SMILES string of the molecule is CN(C)CCNC(=O)c1cncc(N2CCN(c3ccccc3F)CC2)c1. The summed E-state index contributed by atoms with van der Waals surface area (Å²) in [6.45, 7) is 4.33. The number of pyridine rings is 1. The zero-order valence-corrected chi connectivity index (χ0v) is 15.9. The van der Waals surface area contributed by atoms with Crippen LogP contribution >= 0.6 is 0 Å². The van der Waals surface area contributed by atoms with Crippen LogP contribution in [0.4, 0.5) is 15.8 Å². The number of likely N-dealkylation sites (N-methyl/N-ethyl adjacent to an activating group) is 1. The highest BCUT2D eigenvalue weighted by Gasteiger charge is 2.20. The molecule has 1 fully saturated rings. The molecule has 144 valence electrons. The van der Waals surface area contributed by atoms with Gasteiger partial charge < -0.3 is 20.0 Å². The van der Waals surface area contributed by atoms with Crippen LogP contribution in [0.1, 0.15) is 10.4 Å². The van der Waals surface area contributed by atoms with E-state index in [-0.39, 0.29) is 11.7 Å². The molecule has 0 aliphatic carbocycles. The molecule has 2 aromatic rings. The Labute approximate surface area is 159 Å². The van der Waals surface area contributed by atoms with Crippen LogP contribution < -0.4 is 15.1 Å². The number of anilines is 2. The van der Waals surface area contributed by atoms with Gasteiger partial charge in [-0.25, -0.2) is 4.39 Å². The van der Waals surface area contributed by atoms with E-state index < -0.39 is 0 Å². The Bertz CT molecular complexity index is 774. The maximum atomic E-state index is 14.0. The van der Waals surface area contributed by atoms with Crippen molar-refractivity contribution < 1.29 is 9.18 Å². The van der Waals surface area contributed by atoms with Crippen LogP contribution in [0.3, 0.4) is 0 Å². The number of hydrogen-bond donors (Lipinski definition) is 1. The van der Waals surface area contributed by atoms with E-state index in [0.29, 0.717) is 17.8 Å². The minimum atomic E-state index is -0.191. The molecule has 0 bridgehead atoms. The standard InChI is InChI=1S/C20H26FN5O/c1-24(2)8-7-23-20(27)16-13-17(15-22-14-16)25-9-11-26(12-10-25)19-6-4-3-5-18(19)21/h3-6,13-15H,7-12H2,1-2H3,(H,23,27). The van der Waals surface area contributed by atoms with E-state index in [2.05, 4.69) is 20.1 Å². The topological polar surface area (TPSA) is 51.7 Å². The quantitative estimate of drug-likeness (QED) is 0.840. The number of piperazine rings is 1. The summed E-state index contributed by atoms with van der Waals surface area (Å²) < 4.78 is 14.0. The van der Waals surface area contributed by atoms with Gasteiger partial charge in [0.05, 0.1) is 23.1 Å². The van der Waals surface area contributed by atoms with E-state index in [9.17, 15) is 9.18 Å². The number of hydrogen-bond acceptors (Lipinski definition) is 5. The fourth-order valence-corrected chi connectivity index (χ4v) is 3.13. The lowest BCUT2D eigenvalue weighted by Gasteiger charge is -2.37. The van der Waals surface area contributed by atoms with Gasteiger partial charge in [-0.05, 0) is 32.3 Å². The molecule has 1 aliphatic rings. The monoisotopic (exact) mass is 371 g/mol. The lowest BCUT2D eigenvalue weighted by molar-refractivity contribution is 0.0950. The summed E-state index contributed by atoms with van der Waals surface area (Å²) in [7, 11) is 3.94. The Hall–Kier alpha value is -2.67. The molecular weight excluding hydrogens is 345 g/mol. The molecule has 7 heteroatoms. The summed E-state index contributed by atoms with van der Waals surface area (Å²) in [5.41, 5.74) is 2.12. The fourth-order valence-electron chi connectivity index (χ4n) is 3.13. The van der Waals surface area contributed by atoms with Crippen LogP contribution in [0.25, 0.3) is 0 Å². The van der Waals surface area contributed by atoms with Crippen molar-refractivity contribution in [1.29, 1.82) is 0 Å². The number of carbonyl (C=O) groups is 1. The average Bonchev–Trinajstić information content (AvgIpc) is 2.68. The zero-order chi connectivity index (χ0) is 19.2. The summed E-state index contributed by atoms with van der Waals surface area (Å²) in [5.74, 6) is -0.305. The van der Waals surface area contributed by atoms with E-state index in [4.69, 9.17) is 0 Å². The molecular formula is C20H26FN5O. The lowest BCUT2D eigenvalue weighted by atomic mass is 10.2. The van der Waals surface area contributed by atoms with Gasteiger partial charge in [-0.3, -0.25) is 9.78 Å². The molecule has 1 aromatic heterocycles. The maximum Gasteiger partial charge on any atom is 0.252 e. The van der Waals surface area contributed by atoms with Crippen molar-refractivity contribution in [1.82, 2.24) is 15.2 Å². The van der Waals surface area contributed by atoms with E-state index >= 15 is 0 Å². The van der Waals surface area contributed by atoms with Crippen molar-refractivity contribution in [3.8, 4) is 0 Å². The maximum absolute atomic E-state index is 14.0. The van der Waals surface area contributed by atoms with Gasteiger partial charge in [0.2, 0.25) is 0 Å². The number of halogens is 1. The second-order valence-electron chi connectivity index (χ2n) is 6.92. The highest BCUT2D eigenvalue weighted by atomic mass is 19.1. The van der Waals surface area contributed by atoms with Crippen LogP contribution in [-0.2, 0) is 0 Å². The van der Waals surface area contributed by atoms with Crippen molar-refractivity contribution in [2.24, 2.45) is 0 Å². The Kier molecular flexibility index (Phi) is 6.24. The zero-order valence-electron chi connectivity index (χ0n) is 15.9. The fraction of sp³-hybridized carbons (Fsp3) is 0.400.